The second-order valence-corrected chi connectivity index (χ2v) is 22.4. The first-order valence-corrected chi connectivity index (χ1v) is 33.6. The summed E-state index contributed by atoms with van der Waals surface area (Å²) in [6.07, 6.45) is 75.9. The Kier molecular flexibility index (Phi) is 55.3. The third-order valence-electron chi connectivity index (χ3n) is 14.7. The molecule has 0 saturated carbocycles. The summed E-state index contributed by atoms with van der Waals surface area (Å²) >= 11 is 0. The van der Waals surface area contributed by atoms with E-state index in [-0.39, 0.29) is 19.4 Å². The molecule has 8 unspecified atom stereocenters. The molecule has 0 aromatic carbocycles. The number of carbonyl (C=O) groups excluding carboxylic acids is 2. The van der Waals surface area contributed by atoms with Crippen molar-refractivity contribution in [1.29, 1.82) is 0 Å². The Labute approximate surface area is 517 Å². The smallest absolute Gasteiger partial charge is 0.306 e. The van der Waals surface area contributed by atoms with E-state index >= 15 is 0 Å². The van der Waals surface area contributed by atoms with Crippen LogP contribution in [0.5, 0.6) is 0 Å². The zero-order valence-corrected chi connectivity index (χ0v) is 53.4. The van der Waals surface area contributed by atoms with Crippen LogP contribution in [0.15, 0.2) is 146 Å². The van der Waals surface area contributed by atoms with Gasteiger partial charge in [-0.05, 0) is 122 Å². The molecule has 1 amide bonds. The van der Waals surface area contributed by atoms with Crippen molar-refractivity contribution in [2.75, 3.05) is 13.2 Å². The number of nitrogens with one attached hydrogen (secondary N) is 1. The van der Waals surface area contributed by atoms with Crippen LogP contribution in [-0.2, 0) is 23.8 Å². The number of aliphatic hydroxyl groups is 5. The number of hydrogen-bond donors (Lipinski definition) is 6. The van der Waals surface area contributed by atoms with Crippen LogP contribution in [0.1, 0.15) is 245 Å². The second-order valence-electron chi connectivity index (χ2n) is 22.4. The lowest BCUT2D eigenvalue weighted by molar-refractivity contribution is -0.305. The molecule has 1 saturated heterocycles. The molecule has 0 bridgehead atoms. The molecule has 0 spiro atoms. The Bertz CT molecular complexity index is 1940. The van der Waals surface area contributed by atoms with Gasteiger partial charge >= 0.3 is 5.97 Å². The van der Waals surface area contributed by atoms with E-state index in [1.807, 2.05) is 6.08 Å². The predicted molar refractivity (Wildman–Crippen MR) is 356 cm³/mol. The van der Waals surface area contributed by atoms with E-state index in [1.54, 1.807) is 6.08 Å². The van der Waals surface area contributed by atoms with Crippen LogP contribution in [0.4, 0.5) is 0 Å². The highest BCUT2D eigenvalue weighted by Gasteiger charge is 2.47. The van der Waals surface area contributed by atoms with Gasteiger partial charge in [-0.25, -0.2) is 0 Å². The van der Waals surface area contributed by atoms with Crippen molar-refractivity contribution >= 4 is 11.9 Å². The molecule has 0 aliphatic carbocycles. The largest absolute Gasteiger partial charge is 0.454 e. The summed E-state index contributed by atoms with van der Waals surface area (Å²) in [7, 11) is 0. The number of amides is 1. The van der Waals surface area contributed by atoms with E-state index in [0.717, 1.165) is 161 Å². The molecule has 1 heterocycles. The van der Waals surface area contributed by atoms with Crippen LogP contribution in [0.2, 0.25) is 0 Å². The van der Waals surface area contributed by atoms with Gasteiger partial charge in [0, 0.05) is 6.42 Å². The van der Waals surface area contributed by atoms with E-state index in [2.05, 4.69) is 160 Å². The molecule has 11 heteroatoms. The lowest BCUT2D eigenvalue weighted by atomic mass is 9.99. The van der Waals surface area contributed by atoms with Gasteiger partial charge in [0.05, 0.1) is 25.4 Å². The molecule has 8 atom stereocenters. The van der Waals surface area contributed by atoms with Gasteiger partial charge in [0.2, 0.25) is 5.91 Å². The maximum absolute atomic E-state index is 13.5. The lowest BCUT2D eigenvalue weighted by Gasteiger charge is -2.41. The van der Waals surface area contributed by atoms with Crippen LogP contribution < -0.4 is 5.32 Å². The molecule has 1 fully saturated rings. The monoisotopic (exact) mass is 1180 g/mol. The Morgan fingerprint density at radius 2 is 0.847 bits per heavy atom. The average Bonchev–Trinajstić information content (AvgIpc) is 3.63. The number of esters is 1. The molecule has 1 aliphatic heterocycles. The number of aliphatic hydroxyl groups excluding tert-OH is 5. The van der Waals surface area contributed by atoms with Gasteiger partial charge in [-0.1, -0.05) is 263 Å². The number of hydrogen-bond acceptors (Lipinski definition) is 10. The summed E-state index contributed by atoms with van der Waals surface area (Å²) in [4.78, 5) is 26.6. The molecule has 0 aromatic rings. The average molecular weight is 1180 g/mol. The molecular weight excluding hydrogens is 1060 g/mol. The first-order valence-electron chi connectivity index (χ1n) is 33.6. The van der Waals surface area contributed by atoms with Crippen molar-refractivity contribution < 1.29 is 49.3 Å². The van der Waals surface area contributed by atoms with E-state index in [0.29, 0.717) is 12.8 Å². The molecule has 85 heavy (non-hydrogen) atoms. The fourth-order valence-electron chi connectivity index (χ4n) is 9.50. The maximum Gasteiger partial charge on any atom is 0.306 e. The zero-order valence-electron chi connectivity index (χ0n) is 53.4. The van der Waals surface area contributed by atoms with Crippen LogP contribution in [-0.4, -0.2) is 99.6 Å². The van der Waals surface area contributed by atoms with Crippen LogP contribution in [0.25, 0.3) is 0 Å². The molecule has 0 aromatic heterocycles. The molecule has 6 N–H and O–H groups in total. The van der Waals surface area contributed by atoms with Gasteiger partial charge in [-0.3, -0.25) is 9.59 Å². The van der Waals surface area contributed by atoms with Crippen molar-refractivity contribution in [3.8, 4) is 0 Å². The van der Waals surface area contributed by atoms with Gasteiger partial charge in [0.1, 0.15) is 24.4 Å². The minimum Gasteiger partial charge on any atom is -0.454 e. The van der Waals surface area contributed by atoms with Gasteiger partial charge in [0.25, 0.3) is 0 Å². The first-order chi connectivity index (χ1) is 41.7. The van der Waals surface area contributed by atoms with Crippen molar-refractivity contribution in [3.63, 3.8) is 0 Å². The number of allylic oxidation sites excluding steroid dienone is 23. The van der Waals surface area contributed by atoms with Crippen molar-refractivity contribution in [2.45, 2.75) is 294 Å². The molecular formula is C74H121NO10. The summed E-state index contributed by atoms with van der Waals surface area (Å²) in [6.45, 7) is 5.53. The third kappa shape index (κ3) is 47.3. The molecule has 482 valence electrons. The molecule has 11 nitrogen and oxygen atoms in total. The van der Waals surface area contributed by atoms with E-state index in [4.69, 9.17) is 14.2 Å². The summed E-state index contributed by atoms with van der Waals surface area (Å²) in [5.74, 6) is -1.24. The SMILES string of the molecule is CC/C=C\C/C=C\C/C=C\C/C=C\C/C=C\C/C=C\CCCCCC(O)C(=O)NC(COC1OC(CO)C(O)C(O)C1OC(=O)CCCCCCCCC/C=C\C/C=C\C/C=C\C/C=C\C/C=C\CC)C(O)/C=C/CCCCCCCCCCC. The highest BCUT2D eigenvalue weighted by Crippen LogP contribution is 2.26. The van der Waals surface area contributed by atoms with Crippen LogP contribution in [0.3, 0.4) is 0 Å². The highest BCUT2D eigenvalue weighted by atomic mass is 16.7. The topological polar surface area (TPSA) is 175 Å². The summed E-state index contributed by atoms with van der Waals surface area (Å²) < 4.78 is 17.6. The number of rotatable bonds is 55. The predicted octanol–water partition coefficient (Wildman–Crippen LogP) is 16.9. The van der Waals surface area contributed by atoms with E-state index < -0.39 is 67.4 Å². The van der Waals surface area contributed by atoms with E-state index in [9.17, 15) is 35.1 Å². The lowest BCUT2D eigenvalue weighted by Crippen LogP contribution is -2.61. The Morgan fingerprint density at radius 1 is 0.471 bits per heavy atom. The quantitative estimate of drug-likeness (QED) is 0.0195. The van der Waals surface area contributed by atoms with Crippen molar-refractivity contribution in [3.05, 3.63) is 146 Å². The number of unbranched alkanes of at least 4 members (excludes halogenated alkanes) is 19. The zero-order chi connectivity index (χ0) is 61.7. The fraction of sp³-hybridized carbons (Fsp3) is 0.649. The minimum absolute atomic E-state index is 0.0983. The highest BCUT2D eigenvalue weighted by molar-refractivity contribution is 5.80. The van der Waals surface area contributed by atoms with Gasteiger partial charge in [0.15, 0.2) is 12.4 Å². The summed E-state index contributed by atoms with van der Waals surface area (Å²) in [5.41, 5.74) is 0. The van der Waals surface area contributed by atoms with Gasteiger partial charge < -0.3 is 45.1 Å². The van der Waals surface area contributed by atoms with Crippen LogP contribution in [0, 0.1) is 0 Å². The third-order valence-corrected chi connectivity index (χ3v) is 14.7. The fourth-order valence-corrected chi connectivity index (χ4v) is 9.50. The minimum atomic E-state index is -1.63. The first kappa shape index (κ1) is 78.6. The number of carbonyl (C=O) groups is 2. The molecule has 1 aliphatic rings. The molecule has 1 rings (SSSR count). The maximum atomic E-state index is 13.5. The molecule has 0 radical (unpaired) electrons. The second kappa shape index (κ2) is 59.9. The van der Waals surface area contributed by atoms with Gasteiger partial charge in [-0.15, -0.1) is 0 Å². The van der Waals surface area contributed by atoms with E-state index in [1.165, 1.54) is 38.5 Å². The Morgan fingerprint density at radius 3 is 1.27 bits per heavy atom. The summed E-state index contributed by atoms with van der Waals surface area (Å²) in [6, 6.07) is -1.05. The van der Waals surface area contributed by atoms with Crippen LogP contribution >= 0.6 is 0 Å². The van der Waals surface area contributed by atoms with Crippen molar-refractivity contribution in [2.24, 2.45) is 0 Å². The normalized spacial score (nSPS) is 19.4. The Hall–Kier alpha value is -4.46. The van der Waals surface area contributed by atoms with Crippen molar-refractivity contribution in [1.82, 2.24) is 5.32 Å². The standard InChI is InChI=1S/C74H121NO10/c1-4-7-10-13-16-19-22-24-26-28-30-32-34-36-38-40-42-44-47-50-53-56-59-62-69(79)85-72-71(81)70(80)68(63-76)84-74(72)83-64-65(66(77)60-57-54-51-48-45-21-18-15-12-9-6-3)75-73(82)67(78)61-58-55-52-49-46-43-41-39-37-35-33-31-29-27-25-23-20-17-14-11-8-5-2/h7-8,10-11,16-17,19-20,24-27,30-33,36-39,43,46,57,60,65-68,70-72,74,76-78,80-81H,4-6,9,12-15,18,21-23,28-29,34-35,40-42,44-45,47-56,58-59,61-64H2,1-3H3,(H,75,82)/b10-7-,11-8-,19-16-,20-17-,26-24-,27-25-,32-30-,33-31-,38-36-,39-37-,46-43-,60-57+. The summed E-state index contributed by atoms with van der Waals surface area (Å²) in [5, 5.41) is 57.1. The van der Waals surface area contributed by atoms with Gasteiger partial charge in [-0.2, -0.15) is 0 Å². The Balaban J connectivity index is 2.64. The number of ether oxygens (including phenoxy) is 3.